The van der Waals surface area contributed by atoms with E-state index in [4.69, 9.17) is 12.2 Å². The molecule has 0 atom stereocenters. The van der Waals surface area contributed by atoms with Gasteiger partial charge in [-0.15, -0.1) is 0 Å². The smallest absolute Gasteiger partial charge is 0.175 e. The molecule has 0 heterocycles. The fraction of sp³-hybridized carbons (Fsp3) is 0.278. The molecule has 110 valence electrons. The molecule has 21 heavy (non-hydrogen) atoms. The minimum Gasteiger partial charge on any atom is -0.332 e. The van der Waals surface area contributed by atoms with Crippen LogP contribution in [0.3, 0.4) is 0 Å². The Bertz CT molecular complexity index is 618. The summed E-state index contributed by atoms with van der Waals surface area (Å²) in [5.74, 6) is 0. The molecule has 2 aromatic carbocycles. The third-order valence-electron chi connectivity index (χ3n) is 3.60. The Balaban J connectivity index is 2.08. The molecule has 0 unspecified atom stereocenters. The first kappa shape index (κ1) is 15.5. The zero-order valence-corrected chi connectivity index (χ0v) is 13.7. The van der Waals surface area contributed by atoms with E-state index in [0.717, 1.165) is 24.2 Å². The summed E-state index contributed by atoms with van der Waals surface area (Å²) >= 11 is 5.42. The second-order valence-electron chi connectivity index (χ2n) is 5.09. The Morgan fingerprint density at radius 2 is 1.67 bits per heavy atom. The van der Waals surface area contributed by atoms with E-state index in [9.17, 15) is 0 Å². The van der Waals surface area contributed by atoms with E-state index < -0.39 is 0 Å². The van der Waals surface area contributed by atoms with Crippen molar-refractivity contribution >= 4 is 28.7 Å². The molecule has 2 rings (SSSR count). The zero-order valence-electron chi connectivity index (χ0n) is 12.9. The maximum absolute atomic E-state index is 5.42. The number of benzene rings is 2. The summed E-state index contributed by atoms with van der Waals surface area (Å²) in [4.78, 5) is 0. The Labute approximate surface area is 132 Å². The maximum Gasteiger partial charge on any atom is 0.175 e. The molecule has 0 saturated carbocycles. The molecule has 2 nitrogen and oxygen atoms in total. The van der Waals surface area contributed by atoms with Gasteiger partial charge in [-0.05, 0) is 60.8 Å². The molecule has 3 heteroatoms. The minimum absolute atomic E-state index is 0.628. The summed E-state index contributed by atoms with van der Waals surface area (Å²) in [6, 6.07) is 14.7. The molecular formula is C18H22N2S. The molecule has 0 aliphatic heterocycles. The monoisotopic (exact) mass is 298 g/mol. The lowest BCUT2D eigenvalue weighted by atomic mass is 10.1. The maximum atomic E-state index is 5.42. The number of hydrogen-bond acceptors (Lipinski definition) is 1. The number of hydrogen-bond donors (Lipinski definition) is 2. The Kier molecular flexibility index (Phi) is 5.34. The minimum atomic E-state index is 0.628. The van der Waals surface area contributed by atoms with E-state index in [1.54, 1.807) is 0 Å². The molecule has 0 bridgehead atoms. The van der Waals surface area contributed by atoms with Gasteiger partial charge in [-0.1, -0.05) is 44.2 Å². The number of aryl methyl sites for hydroxylation is 3. The van der Waals surface area contributed by atoms with Crippen molar-refractivity contribution in [2.45, 2.75) is 33.6 Å². The molecule has 0 radical (unpaired) electrons. The zero-order chi connectivity index (χ0) is 15.2. The van der Waals surface area contributed by atoms with Gasteiger partial charge in [0.15, 0.2) is 5.11 Å². The number of nitrogens with one attached hydrogen (secondary N) is 2. The molecular weight excluding hydrogens is 276 g/mol. The Morgan fingerprint density at radius 3 is 2.29 bits per heavy atom. The van der Waals surface area contributed by atoms with Gasteiger partial charge in [0.1, 0.15) is 0 Å². The molecule has 0 spiro atoms. The predicted molar refractivity (Wildman–Crippen MR) is 96.2 cm³/mol. The highest BCUT2D eigenvalue weighted by molar-refractivity contribution is 7.80. The highest BCUT2D eigenvalue weighted by Gasteiger charge is 2.06. The van der Waals surface area contributed by atoms with Crippen LogP contribution >= 0.6 is 12.2 Å². The third kappa shape index (κ3) is 4.05. The second kappa shape index (κ2) is 7.23. The van der Waals surface area contributed by atoms with E-state index >= 15 is 0 Å². The highest BCUT2D eigenvalue weighted by Crippen LogP contribution is 2.21. The van der Waals surface area contributed by atoms with Crippen molar-refractivity contribution in [2.75, 3.05) is 10.6 Å². The molecule has 2 N–H and O–H groups in total. The van der Waals surface area contributed by atoms with Gasteiger partial charge in [0.25, 0.3) is 0 Å². The van der Waals surface area contributed by atoms with E-state index in [0.29, 0.717) is 5.11 Å². The lowest BCUT2D eigenvalue weighted by molar-refractivity contribution is 1.13. The van der Waals surface area contributed by atoms with Crippen molar-refractivity contribution in [1.29, 1.82) is 0 Å². The van der Waals surface area contributed by atoms with Gasteiger partial charge in [0, 0.05) is 11.4 Å². The summed E-state index contributed by atoms with van der Waals surface area (Å²) < 4.78 is 0. The van der Waals surface area contributed by atoms with Crippen molar-refractivity contribution in [3.8, 4) is 0 Å². The van der Waals surface area contributed by atoms with Crippen LogP contribution in [0.1, 0.15) is 30.5 Å². The van der Waals surface area contributed by atoms with Gasteiger partial charge in [0.05, 0.1) is 0 Å². The number of thiocarbonyl (C=S) groups is 1. The molecule has 0 amide bonds. The van der Waals surface area contributed by atoms with E-state index in [2.05, 4.69) is 73.9 Å². The van der Waals surface area contributed by atoms with Crippen molar-refractivity contribution < 1.29 is 0 Å². The largest absolute Gasteiger partial charge is 0.332 e. The standard InChI is InChI=1S/C18H22N2S/c1-4-14-9-11-16(12-10-14)19-18(21)20-17-13(3)7-6-8-15(17)5-2/h6-12H,4-5H2,1-3H3,(H2,19,20,21). The molecule has 2 aromatic rings. The van der Waals surface area contributed by atoms with Crippen molar-refractivity contribution in [2.24, 2.45) is 0 Å². The van der Waals surface area contributed by atoms with Gasteiger partial charge < -0.3 is 10.6 Å². The van der Waals surface area contributed by atoms with Crippen LogP contribution in [0.15, 0.2) is 42.5 Å². The highest BCUT2D eigenvalue weighted by atomic mass is 32.1. The fourth-order valence-corrected chi connectivity index (χ4v) is 2.52. The number of para-hydroxylation sites is 1. The summed E-state index contributed by atoms with van der Waals surface area (Å²) in [5.41, 5.74) is 5.94. The van der Waals surface area contributed by atoms with Crippen LogP contribution in [-0.4, -0.2) is 5.11 Å². The van der Waals surface area contributed by atoms with Gasteiger partial charge in [-0.2, -0.15) is 0 Å². The third-order valence-corrected chi connectivity index (χ3v) is 3.80. The van der Waals surface area contributed by atoms with Crippen molar-refractivity contribution in [3.05, 3.63) is 59.2 Å². The molecule has 0 saturated heterocycles. The van der Waals surface area contributed by atoms with Crippen LogP contribution in [0.5, 0.6) is 0 Å². The van der Waals surface area contributed by atoms with Crippen LogP contribution < -0.4 is 10.6 Å². The molecule has 0 aromatic heterocycles. The van der Waals surface area contributed by atoms with Gasteiger partial charge >= 0.3 is 0 Å². The van der Waals surface area contributed by atoms with E-state index in [-0.39, 0.29) is 0 Å². The predicted octanol–water partition coefficient (Wildman–Crippen LogP) is 4.93. The average Bonchev–Trinajstić information content (AvgIpc) is 2.50. The topological polar surface area (TPSA) is 24.1 Å². The lowest BCUT2D eigenvalue weighted by Gasteiger charge is -2.16. The normalized spacial score (nSPS) is 10.2. The lowest BCUT2D eigenvalue weighted by Crippen LogP contribution is -2.20. The van der Waals surface area contributed by atoms with Crippen LogP contribution in [0.25, 0.3) is 0 Å². The van der Waals surface area contributed by atoms with Gasteiger partial charge in [-0.3, -0.25) is 0 Å². The summed E-state index contributed by atoms with van der Waals surface area (Å²) in [7, 11) is 0. The summed E-state index contributed by atoms with van der Waals surface area (Å²) in [6.07, 6.45) is 2.03. The van der Waals surface area contributed by atoms with Crippen LogP contribution in [0, 0.1) is 6.92 Å². The first-order chi connectivity index (χ1) is 10.1. The average molecular weight is 298 g/mol. The number of anilines is 2. The van der Waals surface area contributed by atoms with Crippen LogP contribution in [0.2, 0.25) is 0 Å². The molecule has 0 aliphatic rings. The molecule has 0 fully saturated rings. The van der Waals surface area contributed by atoms with E-state index in [1.807, 2.05) is 0 Å². The fourth-order valence-electron chi connectivity index (χ4n) is 2.30. The first-order valence-electron chi connectivity index (χ1n) is 7.39. The number of rotatable bonds is 4. The Hall–Kier alpha value is -1.87. The van der Waals surface area contributed by atoms with E-state index in [1.165, 1.54) is 16.7 Å². The summed E-state index contributed by atoms with van der Waals surface area (Å²) in [6.45, 7) is 6.40. The summed E-state index contributed by atoms with van der Waals surface area (Å²) in [5, 5.41) is 7.20. The Morgan fingerprint density at radius 1 is 0.952 bits per heavy atom. The van der Waals surface area contributed by atoms with Gasteiger partial charge in [0.2, 0.25) is 0 Å². The SMILES string of the molecule is CCc1ccc(NC(=S)Nc2c(C)cccc2CC)cc1. The first-order valence-corrected chi connectivity index (χ1v) is 7.80. The quantitative estimate of drug-likeness (QED) is 0.783. The van der Waals surface area contributed by atoms with Crippen molar-refractivity contribution in [3.63, 3.8) is 0 Å². The molecule has 0 aliphatic carbocycles. The van der Waals surface area contributed by atoms with Crippen LogP contribution in [-0.2, 0) is 12.8 Å². The van der Waals surface area contributed by atoms with Crippen molar-refractivity contribution in [1.82, 2.24) is 0 Å². The second-order valence-corrected chi connectivity index (χ2v) is 5.50. The van der Waals surface area contributed by atoms with Gasteiger partial charge in [-0.25, -0.2) is 0 Å². The van der Waals surface area contributed by atoms with Crippen LogP contribution in [0.4, 0.5) is 11.4 Å².